The van der Waals surface area contributed by atoms with Gasteiger partial charge in [-0.1, -0.05) is 6.92 Å². The summed E-state index contributed by atoms with van der Waals surface area (Å²) in [5, 5.41) is 2.90. The van der Waals surface area contributed by atoms with Crippen LogP contribution in [0.3, 0.4) is 0 Å². The summed E-state index contributed by atoms with van der Waals surface area (Å²) in [5.74, 6) is 3.45. The smallest absolute Gasteiger partial charge is 0.220 e. The van der Waals surface area contributed by atoms with Gasteiger partial charge in [0.1, 0.15) is 11.5 Å². The Balaban J connectivity index is 1.59. The highest BCUT2D eigenvalue weighted by atomic mass is 16.5. The van der Waals surface area contributed by atoms with Crippen LogP contribution in [0.1, 0.15) is 50.5 Å². The largest absolute Gasteiger partial charge is 0.466 e. The summed E-state index contributed by atoms with van der Waals surface area (Å²) in [6, 6.07) is 4.06. The number of nitrogens with one attached hydrogen (secondary N) is 1. The lowest BCUT2D eigenvalue weighted by molar-refractivity contribution is -0.121. The molecular formula is C16H25NO3. The molecule has 0 aliphatic heterocycles. The Kier molecular flexibility index (Phi) is 5.65. The van der Waals surface area contributed by atoms with E-state index in [1.54, 1.807) is 0 Å². The van der Waals surface area contributed by atoms with E-state index < -0.39 is 0 Å². The molecule has 1 fully saturated rings. The van der Waals surface area contributed by atoms with Gasteiger partial charge in [-0.15, -0.1) is 0 Å². The minimum atomic E-state index is 0.0826. The Morgan fingerprint density at radius 2 is 2.30 bits per heavy atom. The highest BCUT2D eigenvalue weighted by molar-refractivity contribution is 5.76. The summed E-state index contributed by atoms with van der Waals surface area (Å²) < 4.78 is 11.0. The summed E-state index contributed by atoms with van der Waals surface area (Å²) >= 11 is 0. The third-order valence-corrected chi connectivity index (χ3v) is 3.75. The normalized spacial score (nSPS) is 20.9. The zero-order chi connectivity index (χ0) is 14.4. The van der Waals surface area contributed by atoms with E-state index >= 15 is 0 Å². The van der Waals surface area contributed by atoms with Crippen molar-refractivity contribution in [2.24, 2.45) is 5.92 Å². The molecule has 4 heteroatoms. The number of carbonyl (C=O) groups excluding carboxylic acids is 1. The van der Waals surface area contributed by atoms with Gasteiger partial charge in [0, 0.05) is 38.5 Å². The highest BCUT2D eigenvalue weighted by Gasteiger charge is 2.36. The van der Waals surface area contributed by atoms with Crippen molar-refractivity contribution in [3.63, 3.8) is 0 Å². The van der Waals surface area contributed by atoms with E-state index in [4.69, 9.17) is 9.15 Å². The molecule has 1 aliphatic carbocycles. The van der Waals surface area contributed by atoms with E-state index in [-0.39, 0.29) is 5.91 Å². The summed E-state index contributed by atoms with van der Waals surface area (Å²) in [6.45, 7) is 6.33. The molecule has 20 heavy (non-hydrogen) atoms. The van der Waals surface area contributed by atoms with Gasteiger partial charge in [0.15, 0.2) is 0 Å². The van der Waals surface area contributed by atoms with Crippen molar-refractivity contribution in [2.75, 3.05) is 19.8 Å². The van der Waals surface area contributed by atoms with Crippen molar-refractivity contribution >= 4 is 5.91 Å². The van der Waals surface area contributed by atoms with Gasteiger partial charge < -0.3 is 14.5 Å². The number of hydrogen-bond acceptors (Lipinski definition) is 3. The van der Waals surface area contributed by atoms with Crippen LogP contribution < -0.4 is 5.32 Å². The van der Waals surface area contributed by atoms with Crippen molar-refractivity contribution < 1.29 is 13.9 Å². The molecule has 0 unspecified atom stereocenters. The summed E-state index contributed by atoms with van der Waals surface area (Å²) in [7, 11) is 0. The number of hydrogen-bond donors (Lipinski definition) is 1. The molecule has 1 aliphatic rings. The minimum absolute atomic E-state index is 0.0826. The quantitative estimate of drug-likeness (QED) is 0.707. The van der Waals surface area contributed by atoms with Gasteiger partial charge in [0.2, 0.25) is 5.91 Å². The molecule has 0 saturated heterocycles. The van der Waals surface area contributed by atoms with E-state index in [2.05, 4.69) is 18.3 Å². The molecule has 1 aromatic rings. The van der Waals surface area contributed by atoms with Gasteiger partial charge in [-0.2, -0.15) is 0 Å². The van der Waals surface area contributed by atoms with E-state index in [1.807, 2.05) is 13.0 Å². The molecule has 0 spiro atoms. The van der Waals surface area contributed by atoms with Crippen LogP contribution >= 0.6 is 0 Å². The Labute approximate surface area is 120 Å². The monoisotopic (exact) mass is 279 g/mol. The number of rotatable bonds is 9. The van der Waals surface area contributed by atoms with Gasteiger partial charge in [0.25, 0.3) is 0 Å². The molecule has 0 bridgehead atoms. The van der Waals surface area contributed by atoms with Crippen molar-refractivity contribution in [2.45, 2.75) is 45.4 Å². The van der Waals surface area contributed by atoms with Crippen LogP contribution in [0.15, 0.2) is 16.5 Å². The van der Waals surface area contributed by atoms with Gasteiger partial charge in [-0.05, 0) is 37.8 Å². The van der Waals surface area contributed by atoms with Gasteiger partial charge in [-0.25, -0.2) is 0 Å². The number of aryl methyl sites for hydroxylation is 1. The fraction of sp³-hybridized carbons (Fsp3) is 0.688. The van der Waals surface area contributed by atoms with Crippen LogP contribution in [-0.4, -0.2) is 25.7 Å². The second-order valence-electron chi connectivity index (χ2n) is 5.52. The van der Waals surface area contributed by atoms with Crippen molar-refractivity contribution in [1.82, 2.24) is 5.32 Å². The van der Waals surface area contributed by atoms with Crippen LogP contribution in [0, 0.1) is 5.92 Å². The van der Waals surface area contributed by atoms with E-state index in [1.165, 1.54) is 6.42 Å². The zero-order valence-electron chi connectivity index (χ0n) is 12.5. The van der Waals surface area contributed by atoms with E-state index in [0.29, 0.717) is 31.9 Å². The molecule has 1 heterocycles. The average Bonchev–Trinajstić information content (AvgIpc) is 2.99. The molecule has 1 N–H and O–H groups in total. The fourth-order valence-electron chi connectivity index (χ4n) is 2.32. The van der Waals surface area contributed by atoms with Gasteiger partial charge >= 0.3 is 0 Å². The summed E-state index contributed by atoms with van der Waals surface area (Å²) in [5.41, 5.74) is 0. The lowest BCUT2D eigenvalue weighted by atomic mass is 10.2. The predicted molar refractivity (Wildman–Crippen MR) is 77.7 cm³/mol. The molecular weight excluding hydrogens is 254 g/mol. The SMILES string of the molecule is CCOCCCNC(=O)CCc1ccc([C@H]2C[C@H]2C)o1. The first kappa shape index (κ1) is 15.1. The lowest BCUT2D eigenvalue weighted by Crippen LogP contribution is -2.25. The molecule has 4 nitrogen and oxygen atoms in total. The number of furan rings is 1. The van der Waals surface area contributed by atoms with Crippen molar-refractivity contribution in [3.05, 3.63) is 23.7 Å². The molecule has 0 radical (unpaired) electrons. The highest BCUT2D eigenvalue weighted by Crippen LogP contribution is 2.47. The second-order valence-corrected chi connectivity index (χ2v) is 5.52. The zero-order valence-corrected chi connectivity index (χ0v) is 12.5. The maximum Gasteiger partial charge on any atom is 0.220 e. The topological polar surface area (TPSA) is 51.5 Å². The van der Waals surface area contributed by atoms with Crippen LogP contribution in [-0.2, 0) is 16.0 Å². The third-order valence-electron chi connectivity index (χ3n) is 3.75. The molecule has 2 rings (SSSR count). The Bertz CT molecular complexity index is 427. The Morgan fingerprint density at radius 1 is 1.50 bits per heavy atom. The molecule has 1 amide bonds. The lowest BCUT2D eigenvalue weighted by Gasteiger charge is -2.04. The van der Waals surface area contributed by atoms with Crippen LogP contribution in [0.25, 0.3) is 0 Å². The van der Waals surface area contributed by atoms with Gasteiger partial charge in [-0.3, -0.25) is 4.79 Å². The van der Waals surface area contributed by atoms with Crippen LogP contribution in [0.2, 0.25) is 0 Å². The molecule has 112 valence electrons. The van der Waals surface area contributed by atoms with E-state index in [9.17, 15) is 4.79 Å². The van der Waals surface area contributed by atoms with Gasteiger partial charge in [0.05, 0.1) is 0 Å². The summed E-state index contributed by atoms with van der Waals surface area (Å²) in [4.78, 5) is 11.7. The second kappa shape index (κ2) is 7.48. The number of carbonyl (C=O) groups is 1. The number of ether oxygens (including phenoxy) is 1. The molecule has 1 saturated carbocycles. The maximum absolute atomic E-state index is 11.7. The van der Waals surface area contributed by atoms with E-state index in [0.717, 1.165) is 30.5 Å². The maximum atomic E-state index is 11.7. The predicted octanol–water partition coefficient (Wildman–Crippen LogP) is 2.88. The third kappa shape index (κ3) is 4.67. The van der Waals surface area contributed by atoms with Crippen molar-refractivity contribution in [3.8, 4) is 0 Å². The minimum Gasteiger partial charge on any atom is -0.466 e. The molecule has 2 atom stereocenters. The Morgan fingerprint density at radius 3 is 3.00 bits per heavy atom. The van der Waals surface area contributed by atoms with Crippen LogP contribution in [0.5, 0.6) is 0 Å². The van der Waals surface area contributed by atoms with Crippen molar-refractivity contribution in [1.29, 1.82) is 0 Å². The average molecular weight is 279 g/mol. The molecule has 0 aromatic carbocycles. The first-order chi connectivity index (χ1) is 9.70. The first-order valence-electron chi connectivity index (χ1n) is 7.63. The first-order valence-corrected chi connectivity index (χ1v) is 7.63. The molecule has 1 aromatic heterocycles. The Hall–Kier alpha value is -1.29. The summed E-state index contributed by atoms with van der Waals surface area (Å²) in [6.07, 6.45) is 3.26. The number of amides is 1. The fourth-order valence-corrected chi connectivity index (χ4v) is 2.32. The standard InChI is InChI=1S/C16H25NO3/c1-3-19-10-4-9-17-16(18)8-6-13-5-7-15(20-13)14-11-12(14)2/h5,7,12,14H,3-4,6,8-11H2,1-2H3,(H,17,18)/t12-,14+/m1/s1. The van der Waals surface area contributed by atoms with Crippen LogP contribution in [0.4, 0.5) is 0 Å².